The average molecular weight is 565 g/mol. The van der Waals surface area contributed by atoms with Crippen molar-refractivity contribution in [3.8, 4) is 0 Å². The van der Waals surface area contributed by atoms with Gasteiger partial charge in [0.15, 0.2) is 5.03 Å². The maximum atomic E-state index is 13.3. The maximum Gasteiger partial charge on any atom is 0.262 e. The van der Waals surface area contributed by atoms with Crippen molar-refractivity contribution in [1.29, 1.82) is 0 Å². The van der Waals surface area contributed by atoms with E-state index in [9.17, 15) is 23.1 Å². The van der Waals surface area contributed by atoms with Crippen LogP contribution in [0.3, 0.4) is 0 Å². The third kappa shape index (κ3) is 6.55. The number of hydrogen-bond acceptors (Lipinski definition) is 8. The molecular formula is C25H32N4O5S3. The third-order valence-corrected chi connectivity index (χ3v) is 10.1. The monoisotopic (exact) mass is 564 g/mol. The molecular weight excluding hydrogens is 532 g/mol. The van der Waals surface area contributed by atoms with E-state index in [4.69, 9.17) is 0 Å². The van der Waals surface area contributed by atoms with E-state index >= 15 is 0 Å². The number of aliphatic hydroxyl groups is 1. The smallest absolute Gasteiger partial charge is 0.262 e. The van der Waals surface area contributed by atoms with Gasteiger partial charge in [0, 0.05) is 28.2 Å². The van der Waals surface area contributed by atoms with E-state index in [0.29, 0.717) is 29.8 Å². The number of rotatable bonds is 8. The van der Waals surface area contributed by atoms with Gasteiger partial charge in [-0.25, -0.2) is 13.4 Å². The number of hydrogen-bond donors (Lipinski definition) is 3. The van der Waals surface area contributed by atoms with Gasteiger partial charge in [-0.15, -0.1) is 22.7 Å². The summed E-state index contributed by atoms with van der Waals surface area (Å²) >= 11 is 2.94. The lowest BCUT2D eigenvalue weighted by atomic mass is 10.0. The molecule has 0 bridgehead atoms. The fraction of sp³-hybridized carbons (Fsp3) is 0.480. The molecule has 0 spiro atoms. The molecule has 4 heterocycles. The van der Waals surface area contributed by atoms with Gasteiger partial charge in [0.05, 0.1) is 17.0 Å². The Morgan fingerprint density at radius 1 is 1.24 bits per heavy atom. The van der Waals surface area contributed by atoms with Crippen LogP contribution in [0.15, 0.2) is 40.7 Å². The summed E-state index contributed by atoms with van der Waals surface area (Å²) in [5, 5.41) is 18.5. The van der Waals surface area contributed by atoms with Gasteiger partial charge in [-0.3, -0.25) is 9.59 Å². The Bertz CT molecular complexity index is 1340. The van der Waals surface area contributed by atoms with Gasteiger partial charge in [0.1, 0.15) is 6.04 Å². The summed E-state index contributed by atoms with van der Waals surface area (Å²) in [6, 6.07) is 7.17. The number of amides is 2. The Kier molecular flexibility index (Phi) is 8.64. The second-order valence-electron chi connectivity index (χ2n) is 9.72. The molecule has 3 N–H and O–H groups in total. The van der Waals surface area contributed by atoms with Crippen molar-refractivity contribution in [3.05, 3.63) is 46.3 Å². The van der Waals surface area contributed by atoms with Gasteiger partial charge < -0.3 is 15.7 Å². The number of aliphatic hydroxyl groups excluding tert-OH is 1. The number of nitrogens with one attached hydrogen (secondary N) is 2. The van der Waals surface area contributed by atoms with Gasteiger partial charge >= 0.3 is 0 Å². The van der Waals surface area contributed by atoms with Crippen LogP contribution in [0.2, 0.25) is 0 Å². The lowest BCUT2D eigenvalue weighted by molar-refractivity contribution is -0.125. The van der Waals surface area contributed by atoms with Gasteiger partial charge in [-0.05, 0) is 61.7 Å². The van der Waals surface area contributed by atoms with E-state index in [1.807, 2.05) is 31.4 Å². The van der Waals surface area contributed by atoms with E-state index in [2.05, 4.69) is 15.6 Å². The molecule has 3 atom stereocenters. The van der Waals surface area contributed by atoms with Crippen LogP contribution in [0, 0.1) is 12.8 Å². The summed E-state index contributed by atoms with van der Waals surface area (Å²) in [6.07, 6.45) is 0.189. The number of β-amino-alcohol motifs (C(OH)–C–C–N with tert-alkyl or cyclic N) is 1. The SMILES string of the molecule is Cc1cccc(S(=O)(=O)N2CCCC(NC(=O)C(CC(C)C)NC(=O)c3cc4sccc4s3)[C@@H](O)C2)n1. The predicted molar refractivity (Wildman–Crippen MR) is 145 cm³/mol. The summed E-state index contributed by atoms with van der Waals surface area (Å²) in [5.74, 6) is -0.552. The van der Waals surface area contributed by atoms with E-state index < -0.39 is 28.2 Å². The molecule has 0 saturated carbocycles. The van der Waals surface area contributed by atoms with Crippen LogP contribution in [-0.4, -0.2) is 65.9 Å². The molecule has 1 aliphatic heterocycles. The number of carbonyl (C=O) groups is 2. The topological polar surface area (TPSA) is 129 Å². The standard InChI is InChI=1S/C25H32N4O5S3/c1-15(2)12-18(28-25(32)22-13-21-20(36-22)9-11-35-21)24(31)27-17-7-5-10-29(14-19(17)30)37(33,34)23-8-4-6-16(3)26-23/h4,6,8-9,11,13,15,17-19,30H,5,7,10,12,14H2,1-3H3,(H,27,31)(H,28,32)/t17?,18?,19-/m0/s1. The number of aromatic nitrogens is 1. The highest BCUT2D eigenvalue weighted by molar-refractivity contribution is 7.89. The highest BCUT2D eigenvalue weighted by Gasteiger charge is 2.35. The number of nitrogens with zero attached hydrogens (tertiary/aromatic N) is 2. The molecule has 0 aliphatic carbocycles. The number of fused-ring (bicyclic) bond motifs is 1. The number of carbonyl (C=O) groups excluding carboxylic acids is 2. The molecule has 1 aliphatic rings. The van der Waals surface area contributed by atoms with E-state index in [1.165, 1.54) is 21.7 Å². The van der Waals surface area contributed by atoms with Crippen LogP contribution in [0.4, 0.5) is 0 Å². The molecule has 3 aromatic rings. The average Bonchev–Trinajstić information content (AvgIpc) is 3.39. The fourth-order valence-corrected chi connectivity index (χ4v) is 7.89. The Balaban J connectivity index is 1.43. The zero-order chi connectivity index (χ0) is 26.7. The zero-order valence-electron chi connectivity index (χ0n) is 21.0. The number of thiophene rings is 2. The Labute approximate surface area is 225 Å². The summed E-state index contributed by atoms with van der Waals surface area (Å²) in [5.41, 5.74) is 0.585. The van der Waals surface area contributed by atoms with Gasteiger partial charge in [0.2, 0.25) is 5.91 Å². The van der Waals surface area contributed by atoms with Crippen molar-refractivity contribution in [2.45, 2.75) is 63.2 Å². The van der Waals surface area contributed by atoms with Crippen molar-refractivity contribution in [2.24, 2.45) is 5.92 Å². The molecule has 9 nitrogen and oxygen atoms in total. The highest BCUT2D eigenvalue weighted by atomic mass is 32.2. The first-order chi connectivity index (χ1) is 17.5. The summed E-state index contributed by atoms with van der Waals surface area (Å²) in [6.45, 7) is 5.71. The van der Waals surface area contributed by atoms with Crippen molar-refractivity contribution in [2.75, 3.05) is 13.1 Å². The molecule has 0 radical (unpaired) electrons. The lowest BCUT2D eigenvalue weighted by Gasteiger charge is -2.27. The maximum absolute atomic E-state index is 13.3. The Hall–Kier alpha value is -2.38. The van der Waals surface area contributed by atoms with E-state index in [1.54, 1.807) is 30.4 Å². The first-order valence-corrected chi connectivity index (χ1v) is 15.4. The molecule has 200 valence electrons. The molecule has 1 fully saturated rings. The second-order valence-corrected chi connectivity index (χ2v) is 13.6. The van der Waals surface area contributed by atoms with Crippen LogP contribution in [-0.2, 0) is 14.8 Å². The normalized spacial score (nSPS) is 20.0. The molecule has 1 saturated heterocycles. The summed E-state index contributed by atoms with van der Waals surface area (Å²) < 4.78 is 29.5. The molecule has 12 heteroatoms. The van der Waals surface area contributed by atoms with Gasteiger partial charge in [-0.1, -0.05) is 19.9 Å². The summed E-state index contributed by atoms with van der Waals surface area (Å²) in [4.78, 5) is 30.9. The van der Waals surface area contributed by atoms with Crippen LogP contribution >= 0.6 is 22.7 Å². The molecule has 37 heavy (non-hydrogen) atoms. The van der Waals surface area contributed by atoms with Gasteiger partial charge in [-0.2, -0.15) is 4.31 Å². The van der Waals surface area contributed by atoms with Crippen molar-refractivity contribution in [3.63, 3.8) is 0 Å². The molecule has 3 aromatic heterocycles. The number of sulfonamides is 1. The Morgan fingerprint density at radius 3 is 2.73 bits per heavy atom. The molecule has 2 unspecified atom stereocenters. The van der Waals surface area contributed by atoms with Crippen LogP contribution < -0.4 is 10.6 Å². The second kappa shape index (κ2) is 11.6. The zero-order valence-corrected chi connectivity index (χ0v) is 23.5. The minimum Gasteiger partial charge on any atom is -0.390 e. The number of aryl methyl sites for hydroxylation is 1. The summed E-state index contributed by atoms with van der Waals surface area (Å²) in [7, 11) is -3.88. The first kappa shape index (κ1) is 27.6. The predicted octanol–water partition coefficient (Wildman–Crippen LogP) is 3.14. The molecule has 4 rings (SSSR count). The molecule has 2 amide bonds. The minimum atomic E-state index is -3.88. The van der Waals surface area contributed by atoms with Crippen LogP contribution in [0.1, 0.15) is 48.5 Å². The van der Waals surface area contributed by atoms with Crippen molar-refractivity contribution >= 4 is 53.9 Å². The highest BCUT2D eigenvalue weighted by Crippen LogP contribution is 2.30. The Morgan fingerprint density at radius 2 is 2.03 bits per heavy atom. The number of pyridine rings is 1. The van der Waals surface area contributed by atoms with Crippen molar-refractivity contribution < 1.29 is 23.1 Å². The minimum absolute atomic E-state index is 0.0599. The van der Waals surface area contributed by atoms with Gasteiger partial charge in [0.25, 0.3) is 15.9 Å². The van der Waals surface area contributed by atoms with Crippen molar-refractivity contribution in [1.82, 2.24) is 19.9 Å². The van der Waals surface area contributed by atoms with E-state index in [0.717, 1.165) is 9.40 Å². The van der Waals surface area contributed by atoms with Crippen LogP contribution in [0.5, 0.6) is 0 Å². The lowest BCUT2D eigenvalue weighted by Crippen LogP contribution is -2.54. The van der Waals surface area contributed by atoms with E-state index in [-0.39, 0.29) is 35.8 Å². The quantitative estimate of drug-likeness (QED) is 0.386. The fourth-order valence-electron chi connectivity index (χ4n) is 4.38. The largest absolute Gasteiger partial charge is 0.390 e. The first-order valence-electron chi connectivity index (χ1n) is 12.2. The molecule has 0 aromatic carbocycles. The van der Waals surface area contributed by atoms with Crippen LogP contribution in [0.25, 0.3) is 9.40 Å². The third-order valence-electron chi connectivity index (χ3n) is 6.26.